The Bertz CT molecular complexity index is 773. The maximum Gasteiger partial charge on any atom is 0.244 e. The molecule has 5 heteroatoms. The topological polar surface area (TPSA) is 52.7 Å². The molecule has 5 nitrogen and oxygen atoms in total. The van der Waals surface area contributed by atoms with Gasteiger partial charge in [0.05, 0.1) is 6.54 Å². The van der Waals surface area contributed by atoms with E-state index in [9.17, 15) is 9.59 Å². The predicted octanol–water partition coefficient (Wildman–Crippen LogP) is 1.50. The molecule has 4 rings (SSSR count). The normalized spacial score (nSPS) is 21.0. The third-order valence-electron chi connectivity index (χ3n) is 4.97. The van der Waals surface area contributed by atoms with E-state index < -0.39 is 0 Å². The summed E-state index contributed by atoms with van der Waals surface area (Å²) >= 11 is 0. The SMILES string of the molecule is O=C1NCC(=O)N2CCN(Cc3ccc(-c4ccccc4)cc3)CC12. The monoisotopic (exact) mass is 335 g/mol. The van der Waals surface area contributed by atoms with Crippen molar-refractivity contribution >= 4 is 11.8 Å². The molecule has 2 aromatic rings. The van der Waals surface area contributed by atoms with Gasteiger partial charge in [-0.3, -0.25) is 14.5 Å². The molecule has 0 aliphatic carbocycles. The third kappa shape index (κ3) is 3.28. The van der Waals surface area contributed by atoms with Crippen LogP contribution in [0.25, 0.3) is 11.1 Å². The van der Waals surface area contributed by atoms with E-state index in [1.54, 1.807) is 4.90 Å². The summed E-state index contributed by atoms with van der Waals surface area (Å²) in [6.07, 6.45) is 0. The molecule has 0 aromatic heterocycles. The molecule has 1 atom stereocenters. The molecule has 2 amide bonds. The van der Waals surface area contributed by atoms with E-state index >= 15 is 0 Å². The second-order valence-corrected chi connectivity index (χ2v) is 6.62. The Hall–Kier alpha value is -2.66. The summed E-state index contributed by atoms with van der Waals surface area (Å²) in [7, 11) is 0. The molecular formula is C20H21N3O2. The van der Waals surface area contributed by atoms with Crippen LogP contribution in [0.15, 0.2) is 54.6 Å². The fourth-order valence-electron chi connectivity index (χ4n) is 3.58. The average molecular weight is 335 g/mol. The van der Waals surface area contributed by atoms with Crippen LogP contribution in [0.5, 0.6) is 0 Å². The molecule has 2 fully saturated rings. The quantitative estimate of drug-likeness (QED) is 0.925. The summed E-state index contributed by atoms with van der Waals surface area (Å²) in [5.41, 5.74) is 3.63. The molecule has 2 heterocycles. The van der Waals surface area contributed by atoms with E-state index in [0.29, 0.717) is 13.1 Å². The number of hydrogen-bond donors (Lipinski definition) is 1. The molecule has 25 heavy (non-hydrogen) atoms. The Morgan fingerprint density at radius 3 is 2.40 bits per heavy atom. The highest BCUT2D eigenvalue weighted by atomic mass is 16.2. The fraction of sp³-hybridized carbons (Fsp3) is 0.300. The highest BCUT2D eigenvalue weighted by Gasteiger charge is 2.38. The average Bonchev–Trinajstić information content (AvgIpc) is 2.66. The van der Waals surface area contributed by atoms with E-state index in [0.717, 1.165) is 13.1 Å². The molecule has 2 aliphatic rings. The Morgan fingerprint density at radius 1 is 0.920 bits per heavy atom. The number of fused-ring (bicyclic) bond motifs is 1. The molecule has 2 aliphatic heterocycles. The van der Waals surface area contributed by atoms with E-state index in [4.69, 9.17) is 0 Å². The Labute approximate surface area is 147 Å². The van der Waals surface area contributed by atoms with Crippen molar-refractivity contribution in [3.63, 3.8) is 0 Å². The van der Waals surface area contributed by atoms with Crippen LogP contribution in [0.2, 0.25) is 0 Å². The fourth-order valence-corrected chi connectivity index (χ4v) is 3.58. The number of nitrogens with one attached hydrogen (secondary N) is 1. The highest BCUT2D eigenvalue weighted by Crippen LogP contribution is 2.21. The van der Waals surface area contributed by atoms with Gasteiger partial charge in [0, 0.05) is 26.2 Å². The van der Waals surface area contributed by atoms with Crippen LogP contribution in [0.4, 0.5) is 0 Å². The molecule has 128 valence electrons. The van der Waals surface area contributed by atoms with Crippen molar-refractivity contribution in [1.29, 1.82) is 0 Å². The molecule has 0 saturated carbocycles. The van der Waals surface area contributed by atoms with E-state index in [1.807, 2.05) is 18.2 Å². The Morgan fingerprint density at radius 2 is 1.64 bits per heavy atom. The van der Waals surface area contributed by atoms with Crippen molar-refractivity contribution in [3.8, 4) is 11.1 Å². The smallest absolute Gasteiger partial charge is 0.244 e. The van der Waals surface area contributed by atoms with Gasteiger partial charge in [-0.25, -0.2) is 0 Å². The summed E-state index contributed by atoms with van der Waals surface area (Å²) in [6.45, 7) is 2.95. The number of hydrogen-bond acceptors (Lipinski definition) is 3. The van der Waals surface area contributed by atoms with Crippen LogP contribution in [0.3, 0.4) is 0 Å². The van der Waals surface area contributed by atoms with Gasteiger partial charge in [0.1, 0.15) is 6.04 Å². The first-order valence-electron chi connectivity index (χ1n) is 8.64. The van der Waals surface area contributed by atoms with Gasteiger partial charge in [0.2, 0.25) is 11.8 Å². The van der Waals surface area contributed by atoms with Crippen LogP contribution in [0.1, 0.15) is 5.56 Å². The van der Waals surface area contributed by atoms with Crippen molar-refractivity contribution in [2.75, 3.05) is 26.2 Å². The van der Waals surface area contributed by atoms with Crippen molar-refractivity contribution in [3.05, 3.63) is 60.2 Å². The van der Waals surface area contributed by atoms with Crippen LogP contribution < -0.4 is 5.32 Å². The Kier molecular flexibility index (Phi) is 4.24. The van der Waals surface area contributed by atoms with Crippen LogP contribution in [-0.2, 0) is 16.1 Å². The zero-order valence-electron chi connectivity index (χ0n) is 14.0. The summed E-state index contributed by atoms with van der Waals surface area (Å²) in [4.78, 5) is 27.9. The second kappa shape index (κ2) is 6.69. The number of nitrogens with zero attached hydrogens (tertiary/aromatic N) is 2. The molecule has 1 unspecified atom stereocenters. The first-order chi connectivity index (χ1) is 12.2. The summed E-state index contributed by atoms with van der Waals surface area (Å²) < 4.78 is 0. The van der Waals surface area contributed by atoms with Gasteiger partial charge in [-0.1, -0.05) is 54.6 Å². The van der Waals surface area contributed by atoms with Gasteiger partial charge in [-0.2, -0.15) is 0 Å². The molecule has 0 bridgehead atoms. The van der Waals surface area contributed by atoms with Crippen molar-refractivity contribution < 1.29 is 9.59 Å². The van der Waals surface area contributed by atoms with Crippen LogP contribution >= 0.6 is 0 Å². The number of carbonyl (C=O) groups excluding carboxylic acids is 2. The zero-order valence-corrected chi connectivity index (χ0v) is 14.0. The maximum atomic E-state index is 12.0. The lowest BCUT2D eigenvalue weighted by atomic mass is 10.0. The molecule has 1 N–H and O–H groups in total. The summed E-state index contributed by atoms with van der Waals surface area (Å²) in [5.74, 6) is -0.0137. The lowest BCUT2D eigenvalue weighted by molar-refractivity contribution is -0.149. The van der Waals surface area contributed by atoms with Gasteiger partial charge in [-0.05, 0) is 16.7 Å². The number of benzene rings is 2. The molecular weight excluding hydrogens is 314 g/mol. The lowest BCUT2D eigenvalue weighted by Gasteiger charge is -2.43. The minimum atomic E-state index is -0.349. The van der Waals surface area contributed by atoms with Gasteiger partial charge < -0.3 is 10.2 Å². The van der Waals surface area contributed by atoms with E-state index in [-0.39, 0.29) is 24.4 Å². The van der Waals surface area contributed by atoms with Crippen molar-refractivity contribution in [2.24, 2.45) is 0 Å². The molecule has 0 radical (unpaired) electrons. The number of rotatable bonds is 3. The highest BCUT2D eigenvalue weighted by molar-refractivity contribution is 5.95. The largest absolute Gasteiger partial charge is 0.345 e. The minimum absolute atomic E-state index is 0.0245. The standard InChI is InChI=1S/C20H21N3O2/c24-19-12-21-20(25)18-14-22(10-11-23(18)19)13-15-6-8-17(9-7-15)16-4-2-1-3-5-16/h1-9,18H,10-14H2,(H,21,25). The lowest BCUT2D eigenvalue weighted by Crippen LogP contribution is -2.65. The van der Waals surface area contributed by atoms with Crippen LogP contribution in [-0.4, -0.2) is 53.8 Å². The zero-order chi connectivity index (χ0) is 17.2. The van der Waals surface area contributed by atoms with Gasteiger partial charge in [-0.15, -0.1) is 0 Å². The minimum Gasteiger partial charge on any atom is -0.345 e. The van der Waals surface area contributed by atoms with Crippen molar-refractivity contribution in [2.45, 2.75) is 12.6 Å². The van der Waals surface area contributed by atoms with Gasteiger partial charge >= 0.3 is 0 Å². The number of amides is 2. The third-order valence-corrected chi connectivity index (χ3v) is 4.97. The first kappa shape index (κ1) is 15.8. The van der Waals surface area contributed by atoms with Gasteiger partial charge in [0.25, 0.3) is 0 Å². The second-order valence-electron chi connectivity index (χ2n) is 6.62. The molecule has 2 saturated heterocycles. The summed E-state index contributed by atoms with van der Waals surface area (Å²) in [6, 6.07) is 18.5. The van der Waals surface area contributed by atoms with E-state index in [2.05, 4.69) is 46.6 Å². The summed E-state index contributed by atoms with van der Waals surface area (Å²) in [5, 5.41) is 2.68. The molecule has 0 spiro atoms. The number of piperazine rings is 2. The predicted molar refractivity (Wildman–Crippen MR) is 95.7 cm³/mol. The first-order valence-corrected chi connectivity index (χ1v) is 8.64. The number of carbonyl (C=O) groups is 2. The maximum absolute atomic E-state index is 12.0. The van der Waals surface area contributed by atoms with E-state index in [1.165, 1.54) is 16.7 Å². The molecule has 2 aromatic carbocycles. The van der Waals surface area contributed by atoms with Crippen molar-refractivity contribution in [1.82, 2.24) is 15.1 Å². The van der Waals surface area contributed by atoms with Crippen LogP contribution in [0, 0.1) is 0 Å². The Balaban J connectivity index is 1.42. The van der Waals surface area contributed by atoms with Gasteiger partial charge in [0.15, 0.2) is 0 Å².